The third-order valence-corrected chi connectivity index (χ3v) is 48.1. The molecule has 0 radical (unpaired) electrons. The van der Waals surface area contributed by atoms with Crippen molar-refractivity contribution in [2.24, 2.45) is 0 Å². The van der Waals surface area contributed by atoms with Crippen LogP contribution in [0.4, 0.5) is 0 Å². The standard InChI is InChI=1S/3C11H23Si.Cr/c3*1-4-12(5-2,6-3)11-9-7-8-10-11;/h3*4-10H2,1-3H3;. The molecule has 3 saturated carbocycles. The topological polar surface area (TPSA) is 0 Å². The first kappa shape index (κ1) is 32.7. The molecule has 0 N–H and O–H groups in total. The summed E-state index contributed by atoms with van der Waals surface area (Å²) in [5.41, 5.74) is 0. The molecule has 0 bridgehead atoms. The van der Waals surface area contributed by atoms with E-state index in [-0.39, 0.29) is 0 Å². The van der Waals surface area contributed by atoms with Crippen LogP contribution in [0.25, 0.3) is 0 Å². The van der Waals surface area contributed by atoms with E-state index in [2.05, 4.69) is 62.3 Å². The Morgan fingerprint density at radius 3 is 0.649 bits per heavy atom. The number of hydrogen-bond acceptors (Lipinski definition) is 0. The maximum atomic E-state index is 2.71. The van der Waals surface area contributed by atoms with E-state index < -0.39 is 38.4 Å². The van der Waals surface area contributed by atoms with Gasteiger partial charge in [0.1, 0.15) is 0 Å². The fraction of sp³-hybridized carbons (Fsp3) is 1.00. The Hall–Kier alpha value is 1.18. The predicted molar refractivity (Wildman–Crippen MR) is 175 cm³/mol. The van der Waals surface area contributed by atoms with E-state index in [4.69, 9.17) is 0 Å². The summed E-state index contributed by atoms with van der Waals surface area (Å²) in [6, 6.07) is 14.4. The van der Waals surface area contributed by atoms with Crippen molar-refractivity contribution < 1.29 is 14.1 Å². The summed E-state index contributed by atoms with van der Waals surface area (Å²) < 4.78 is 2.61. The Morgan fingerprint density at radius 2 is 0.514 bits per heavy atom. The zero-order chi connectivity index (χ0) is 27.4. The van der Waals surface area contributed by atoms with Gasteiger partial charge in [0, 0.05) is 0 Å². The molecule has 3 aliphatic carbocycles. The minimum absolute atomic E-state index is 0.870. The molecule has 4 heteroatoms. The van der Waals surface area contributed by atoms with Gasteiger partial charge in [0.15, 0.2) is 0 Å². The molecule has 0 heterocycles. The Morgan fingerprint density at radius 1 is 0.351 bits per heavy atom. The van der Waals surface area contributed by atoms with Crippen LogP contribution >= 0.6 is 0 Å². The molecular formula is C33H69CrSi3. The molecule has 0 amide bonds. The molecule has 219 valence electrons. The first-order valence-corrected chi connectivity index (χ1v) is 27.3. The van der Waals surface area contributed by atoms with Crippen LogP contribution in [-0.2, 0) is 14.1 Å². The van der Waals surface area contributed by atoms with E-state index in [0.717, 1.165) is 11.7 Å². The van der Waals surface area contributed by atoms with Crippen LogP contribution in [0, 0.1) is 0 Å². The molecule has 3 fully saturated rings. The summed E-state index contributed by atoms with van der Waals surface area (Å²) in [4.78, 5) is 0. The second kappa shape index (κ2) is 13.0. The van der Waals surface area contributed by atoms with Crippen molar-refractivity contribution in [3.8, 4) is 0 Å². The number of hydrogen-bond donors (Lipinski definition) is 0. The Labute approximate surface area is 242 Å². The minimum atomic E-state index is -1.36. The molecule has 3 aliphatic rings. The average molecular weight is 602 g/mol. The maximum absolute atomic E-state index is 2.71. The molecule has 0 nitrogen and oxygen atoms in total. The average Bonchev–Trinajstić information content (AvgIpc) is 3.73. The molecule has 0 aromatic heterocycles. The number of rotatable bonds is 15. The first-order chi connectivity index (χ1) is 17.8. The Kier molecular flexibility index (Phi) is 11.5. The van der Waals surface area contributed by atoms with E-state index in [1.165, 1.54) is 0 Å². The molecule has 0 aromatic rings. The van der Waals surface area contributed by atoms with Crippen LogP contribution < -0.4 is 0 Å². The van der Waals surface area contributed by atoms with Crippen LogP contribution in [0.3, 0.4) is 0 Å². The van der Waals surface area contributed by atoms with E-state index in [0.29, 0.717) is 0 Å². The van der Waals surface area contributed by atoms with E-state index in [1.807, 2.05) is 0 Å². The van der Waals surface area contributed by atoms with Gasteiger partial charge in [-0.1, -0.05) is 0 Å². The van der Waals surface area contributed by atoms with Crippen molar-refractivity contribution in [2.45, 2.75) is 205 Å². The second-order valence-electron chi connectivity index (χ2n) is 13.9. The van der Waals surface area contributed by atoms with E-state index in [9.17, 15) is 0 Å². The SMILES string of the molecule is CC[Si](CC)(CC)[C]1([Cr]([C]2([Si](CC)(CC)CC)CCCC2)[C]2([Si](CC)(CC)CC)CCCC2)CCCC1. The molecule has 0 spiro atoms. The molecule has 37 heavy (non-hydrogen) atoms. The van der Waals surface area contributed by atoms with Crippen molar-refractivity contribution >= 4 is 24.2 Å². The van der Waals surface area contributed by atoms with Gasteiger partial charge in [0.05, 0.1) is 0 Å². The van der Waals surface area contributed by atoms with E-state index >= 15 is 0 Å². The van der Waals surface area contributed by atoms with Gasteiger partial charge in [0.2, 0.25) is 0 Å². The summed E-state index contributed by atoms with van der Waals surface area (Å²) >= 11 is -0.922. The molecular weight excluding hydrogens is 533 g/mol. The van der Waals surface area contributed by atoms with Gasteiger partial charge in [-0.15, -0.1) is 0 Å². The summed E-state index contributed by atoms with van der Waals surface area (Å²) in [6.45, 7) is 24.4. The van der Waals surface area contributed by atoms with Gasteiger partial charge >= 0.3 is 244 Å². The van der Waals surface area contributed by atoms with Crippen LogP contribution in [0.15, 0.2) is 0 Å². The van der Waals surface area contributed by atoms with Gasteiger partial charge in [-0.25, -0.2) is 0 Å². The molecule has 0 saturated heterocycles. The summed E-state index contributed by atoms with van der Waals surface area (Å²) in [5, 5.41) is 0. The third-order valence-electron chi connectivity index (χ3n) is 14.4. The third kappa shape index (κ3) is 4.59. The van der Waals surface area contributed by atoms with Gasteiger partial charge in [-0.3, -0.25) is 0 Å². The van der Waals surface area contributed by atoms with Crippen LogP contribution in [0.5, 0.6) is 0 Å². The molecule has 3 rings (SSSR count). The Balaban J connectivity index is 2.52. The van der Waals surface area contributed by atoms with Crippen molar-refractivity contribution in [3.63, 3.8) is 0 Å². The molecule has 0 unspecified atom stereocenters. The fourth-order valence-corrected chi connectivity index (χ4v) is 52.8. The summed E-state index contributed by atoms with van der Waals surface area (Å²) in [6.07, 6.45) is 19.8. The van der Waals surface area contributed by atoms with Gasteiger partial charge in [-0.2, -0.15) is 0 Å². The van der Waals surface area contributed by atoms with Gasteiger partial charge < -0.3 is 0 Å². The zero-order valence-electron chi connectivity index (χ0n) is 27.3. The predicted octanol–water partition coefficient (Wildman–Crippen LogP) is 12.9. The van der Waals surface area contributed by atoms with Crippen molar-refractivity contribution in [3.05, 3.63) is 0 Å². The van der Waals surface area contributed by atoms with E-state index in [1.54, 1.807) is 131 Å². The van der Waals surface area contributed by atoms with Gasteiger partial charge in [0.25, 0.3) is 0 Å². The zero-order valence-corrected chi connectivity index (χ0v) is 31.5. The van der Waals surface area contributed by atoms with Crippen LogP contribution in [0.2, 0.25) is 66.1 Å². The molecule has 0 aromatic carbocycles. The fourth-order valence-electron chi connectivity index (χ4n) is 12.0. The molecule has 0 atom stereocenters. The Bertz CT molecular complexity index is 568. The second-order valence-corrected chi connectivity index (χ2v) is 37.2. The monoisotopic (exact) mass is 601 g/mol. The van der Waals surface area contributed by atoms with Crippen molar-refractivity contribution in [2.75, 3.05) is 0 Å². The summed E-state index contributed by atoms with van der Waals surface area (Å²) in [5.74, 6) is 0. The quantitative estimate of drug-likeness (QED) is 0.164. The van der Waals surface area contributed by atoms with Crippen molar-refractivity contribution in [1.82, 2.24) is 0 Å². The molecule has 0 aliphatic heterocycles. The first-order valence-electron chi connectivity index (χ1n) is 17.5. The van der Waals surface area contributed by atoms with Gasteiger partial charge in [-0.05, 0) is 0 Å². The van der Waals surface area contributed by atoms with Crippen LogP contribution in [0.1, 0.15) is 139 Å². The van der Waals surface area contributed by atoms with Crippen molar-refractivity contribution in [1.29, 1.82) is 0 Å². The normalized spacial score (nSPS) is 23.8. The van der Waals surface area contributed by atoms with Crippen LogP contribution in [-0.4, -0.2) is 24.2 Å². The summed E-state index contributed by atoms with van der Waals surface area (Å²) in [7, 11) is -4.08.